The number of carboxylic acid groups (broad SMARTS) is 1. The van der Waals surface area contributed by atoms with Crippen molar-refractivity contribution in [2.24, 2.45) is 0 Å². The zero-order chi connectivity index (χ0) is 25.0. The summed E-state index contributed by atoms with van der Waals surface area (Å²) in [4.78, 5) is 38.4. The van der Waals surface area contributed by atoms with Crippen molar-refractivity contribution in [3.63, 3.8) is 0 Å². The first-order valence-electron chi connectivity index (χ1n) is 10.9. The van der Waals surface area contributed by atoms with Crippen LogP contribution in [0.1, 0.15) is 44.7 Å². The van der Waals surface area contributed by atoms with Crippen LogP contribution in [0.4, 0.5) is 18.9 Å². The molecule has 0 aromatic heterocycles. The normalized spacial score (nSPS) is 16.1. The summed E-state index contributed by atoms with van der Waals surface area (Å²) < 4.78 is 38.1. The highest BCUT2D eigenvalue weighted by Crippen LogP contribution is 2.46. The third-order valence-corrected chi connectivity index (χ3v) is 6.50. The standard InChI is InChI=1S/C26H19F3N2O4/c27-26(28,29)19-7-3-16(4-8-19)22(32)30-20-9-5-15(6-10-20)17-1-2-18-14-31(23(33)21(18)13-17)25(11-12-25)24(34)35/h1-10,13H,11-12,14H2,(H,30,32)(H,34,35). The number of carbonyl (C=O) groups is 3. The highest BCUT2D eigenvalue weighted by Gasteiger charge is 2.58. The van der Waals surface area contributed by atoms with E-state index in [0.29, 0.717) is 24.1 Å². The Morgan fingerprint density at radius 3 is 2.11 bits per heavy atom. The molecular formula is C26H19F3N2O4. The molecule has 3 aromatic rings. The monoisotopic (exact) mass is 480 g/mol. The van der Waals surface area contributed by atoms with Crippen LogP contribution in [0.25, 0.3) is 11.1 Å². The molecule has 0 radical (unpaired) electrons. The molecule has 0 atom stereocenters. The van der Waals surface area contributed by atoms with Crippen LogP contribution in [-0.4, -0.2) is 33.3 Å². The Balaban J connectivity index is 1.30. The van der Waals surface area contributed by atoms with Crippen molar-refractivity contribution in [1.82, 2.24) is 4.90 Å². The molecule has 1 aliphatic carbocycles. The zero-order valence-electron chi connectivity index (χ0n) is 18.2. The molecule has 2 amide bonds. The molecule has 1 fully saturated rings. The predicted molar refractivity (Wildman–Crippen MR) is 121 cm³/mol. The molecule has 0 bridgehead atoms. The summed E-state index contributed by atoms with van der Waals surface area (Å²) in [5.74, 6) is -1.81. The summed E-state index contributed by atoms with van der Waals surface area (Å²) in [7, 11) is 0. The van der Waals surface area contributed by atoms with Gasteiger partial charge in [0.15, 0.2) is 0 Å². The smallest absolute Gasteiger partial charge is 0.416 e. The van der Waals surface area contributed by atoms with E-state index in [4.69, 9.17) is 0 Å². The highest BCUT2D eigenvalue weighted by atomic mass is 19.4. The minimum absolute atomic E-state index is 0.0959. The van der Waals surface area contributed by atoms with Crippen molar-refractivity contribution in [1.29, 1.82) is 0 Å². The van der Waals surface area contributed by atoms with E-state index in [2.05, 4.69) is 5.32 Å². The number of halogens is 3. The summed E-state index contributed by atoms with van der Waals surface area (Å²) in [6.45, 7) is 0.273. The largest absolute Gasteiger partial charge is 0.479 e. The number of hydrogen-bond donors (Lipinski definition) is 2. The Kier molecular flexibility index (Phi) is 5.16. The molecule has 1 aliphatic heterocycles. The molecule has 3 aromatic carbocycles. The maximum absolute atomic E-state index is 12.9. The minimum Gasteiger partial charge on any atom is -0.479 e. The third kappa shape index (κ3) is 4.03. The van der Waals surface area contributed by atoms with Gasteiger partial charge in [-0.25, -0.2) is 4.79 Å². The molecule has 0 unspecified atom stereocenters. The first-order valence-corrected chi connectivity index (χ1v) is 10.9. The number of rotatable bonds is 5. The number of carbonyl (C=O) groups excluding carboxylic acids is 2. The topological polar surface area (TPSA) is 86.7 Å². The Hall–Kier alpha value is -4.14. The highest BCUT2D eigenvalue weighted by molar-refractivity contribution is 6.05. The Morgan fingerprint density at radius 1 is 0.914 bits per heavy atom. The summed E-state index contributed by atoms with van der Waals surface area (Å²) in [6.07, 6.45) is -3.57. The lowest BCUT2D eigenvalue weighted by Crippen LogP contribution is -2.43. The lowest BCUT2D eigenvalue weighted by atomic mass is 10.00. The molecule has 5 rings (SSSR count). The second kappa shape index (κ2) is 7.97. The zero-order valence-corrected chi connectivity index (χ0v) is 18.2. The molecule has 35 heavy (non-hydrogen) atoms. The average molecular weight is 480 g/mol. The van der Waals surface area contributed by atoms with Crippen molar-refractivity contribution < 1.29 is 32.7 Å². The predicted octanol–water partition coefficient (Wildman–Crippen LogP) is 5.20. The number of alkyl halides is 3. The van der Waals surface area contributed by atoms with E-state index in [1.807, 2.05) is 12.1 Å². The first kappa shape index (κ1) is 22.6. The molecular weight excluding hydrogens is 461 g/mol. The molecule has 2 N–H and O–H groups in total. The van der Waals surface area contributed by atoms with E-state index in [-0.39, 0.29) is 18.0 Å². The number of carboxylic acids is 1. The fourth-order valence-corrected chi connectivity index (χ4v) is 4.30. The van der Waals surface area contributed by atoms with Crippen LogP contribution < -0.4 is 5.32 Å². The first-order chi connectivity index (χ1) is 16.6. The Labute approximate surface area is 198 Å². The molecule has 1 saturated carbocycles. The van der Waals surface area contributed by atoms with Gasteiger partial charge in [-0.1, -0.05) is 24.3 Å². The van der Waals surface area contributed by atoms with E-state index in [9.17, 15) is 32.7 Å². The van der Waals surface area contributed by atoms with Gasteiger partial charge in [0.25, 0.3) is 11.8 Å². The molecule has 0 spiro atoms. The Morgan fingerprint density at radius 2 is 1.54 bits per heavy atom. The summed E-state index contributed by atoms with van der Waals surface area (Å²) in [6, 6.07) is 16.2. The Bertz CT molecular complexity index is 1340. The van der Waals surface area contributed by atoms with Crippen molar-refractivity contribution in [3.8, 4) is 11.1 Å². The molecule has 178 valence electrons. The number of benzene rings is 3. The van der Waals surface area contributed by atoms with E-state index in [1.54, 1.807) is 30.3 Å². The van der Waals surface area contributed by atoms with Crippen LogP contribution in [0.15, 0.2) is 66.7 Å². The lowest BCUT2D eigenvalue weighted by Gasteiger charge is -2.23. The fourth-order valence-electron chi connectivity index (χ4n) is 4.30. The number of fused-ring (bicyclic) bond motifs is 1. The van der Waals surface area contributed by atoms with Crippen LogP contribution in [0, 0.1) is 0 Å². The molecule has 0 saturated heterocycles. The van der Waals surface area contributed by atoms with Gasteiger partial charge in [0, 0.05) is 23.4 Å². The molecule has 2 aliphatic rings. The molecule has 6 nitrogen and oxygen atoms in total. The summed E-state index contributed by atoms with van der Waals surface area (Å²) >= 11 is 0. The maximum atomic E-state index is 12.9. The quantitative estimate of drug-likeness (QED) is 0.526. The number of nitrogens with zero attached hydrogens (tertiary/aromatic N) is 1. The van der Waals surface area contributed by atoms with Crippen molar-refractivity contribution in [3.05, 3.63) is 89.0 Å². The van der Waals surface area contributed by atoms with Gasteiger partial charge in [-0.2, -0.15) is 13.2 Å². The number of amides is 2. The maximum Gasteiger partial charge on any atom is 0.416 e. The number of anilines is 1. The SMILES string of the molecule is O=C(Nc1ccc(-c2ccc3c(c2)C(=O)N(C2(C(=O)O)CC2)C3)cc1)c1ccc(C(F)(F)F)cc1. The second-order valence-electron chi connectivity index (χ2n) is 8.71. The van der Waals surface area contributed by atoms with Gasteiger partial charge in [0.2, 0.25) is 0 Å². The summed E-state index contributed by atoms with van der Waals surface area (Å²) in [5.41, 5.74) is 1.44. The van der Waals surface area contributed by atoms with Crippen LogP contribution >= 0.6 is 0 Å². The third-order valence-electron chi connectivity index (χ3n) is 6.50. The van der Waals surface area contributed by atoms with E-state index in [1.165, 1.54) is 4.90 Å². The van der Waals surface area contributed by atoms with Gasteiger partial charge in [0.1, 0.15) is 5.54 Å². The van der Waals surface area contributed by atoms with Crippen molar-refractivity contribution in [2.75, 3.05) is 5.32 Å². The van der Waals surface area contributed by atoms with Crippen molar-refractivity contribution >= 4 is 23.5 Å². The van der Waals surface area contributed by atoms with Gasteiger partial charge in [-0.3, -0.25) is 9.59 Å². The van der Waals surface area contributed by atoms with Gasteiger partial charge in [-0.05, 0) is 72.0 Å². The number of aliphatic carboxylic acids is 1. The fraction of sp³-hybridized carbons (Fsp3) is 0.192. The minimum atomic E-state index is -4.47. The van der Waals surface area contributed by atoms with E-state index < -0.39 is 29.2 Å². The molecule has 9 heteroatoms. The van der Waals surface area contributed by atoms with Crippen LogP contribution in [-0.2, 0) is 17.5 Å². The van der Waals surface area contributed by atoms with Gasteiger partial charge < -0.3 is 15.3 Å². The molecule has 1 heterocycles. The van der Waals surface area contributed by atoms with E-state index in [0.717, 1.165) is 41.0 Å². The van der Waals surface area contributed by atoms with Gasteiger partial charge >= 0.3 is 12.1 Å². The van der Waals surface area contributed by atoms with Crippen molar-refractivity contribution in [2.45, 2.75) is 31.1 Å². The van der Waals surface area contributed by atoms with Crippen LogP contribution in [0.3, 0.4) is 0 Å². The number of hydrogen-bond acceptors (Lipinski definition) is 3. The average Bonchev–Trinajstić information content (AvgIpc) is 3.58. The van der Waals surface area contributed by atoms with Crippen LogP contribution in [0.2, 0.25) is 0 Å². The van der Waals surface area contributed by atoms with Gasteiger partial charge in [-0.15, -0.1) is 0 Å². The second-order valence-corrected chi connectivity index (χ2v) is 8.71. The lowest BCUT2D eigenvalue weighted by molar-refractivity contribution is -0.144. The summed E-state index contributed by atoms with van der Waals surface area (Å²) in [5, 5.41) is 12.2. The number of nitrogens with one attached hydrogen (secondary N) is 1. The van der Waals surface area contributed by atoms with E-state index >= 15 is 0 Å². The van der Waals surface area contributed by atoms with Crippen LogP contribution in [0.5, 0.6) is 0 Å². The van der Waals surface area contributed by atoms with Gasteiger partial charge in [0.05, 0.1) is 5.56 Å².